The highest BCUT2D eigenvalue weighted by Gasteiger charge is 2.20. The van der Waals surface area contributed by atoms with Gasteiger partial charge in [0.15, 0.2) is 0 Å². The molecule has 0 fully saturated rings. The third-order valence-electron chi connectivity index (χ3n) is 2.54. The molecule has 0 saturated heterocycles. The highest BCUT2D eigenvalue weighted by molar-refractivity contribution is 8.13. The lowest BCUT2D eigenvalue weighted by atomic mass is 10.3. The summed E-state index contributed by atoms with van der Waals surface area (Å²) in [4.78, 5) is 9.27. The average molecular weight is 351 g/mol. The third kappa shape index (κ3) is 3.06. The second-order valence-corrected chi connectivity index (χ2v) is 8.28. The van der Waals surface area contributed by atoms with Crippen LogP contribution in [0.2, 0.25) is 0 Å². The highest BCUT2D eigenvalue weighted by atomic mass is 35.7. The number of nitrogens with zero attached hydrogens (tertiary/aromatic N) is 2. The van der Waals surface area contributed by atoms with Crippen molar-refractivity contribution in [1.82, 2.24) is 3.97 Å². The highest BCUT2D eigenvalue weighted by Crippen LogP contribution is 2.21. The van der Waals surface area contributed by atoms with Gasteiger partial charge >= 0.3 is 0 Å². The Morgan fingerprint density at radius 3 is 2.00 bits per heavy atom. The Labute approximate surface area is 124 Å². The van der Waals surface area contributed by atoms with E-state index in [2.05, 4.69) is 0 Å². The maximum atomic E-state index is 12.2. The van der Waals surface area contributed by atoms with E-state index in [1.165, 1.54) is 0 Å². The molecule has 112 valence electrons. The van der Waals surface area contributed by atoms with Gasteiger partial charge in [0.25, 0.3) is 24.8 Å². The number of nitro groups is 1. The van der Waals surface area contributed by atoms with Crippen molar-refractivity contribution in [3.05, 3.63) is 52.8 Å². The van der Waals surface area contributed by atoms with Gasteiger partial charge in [-0.3, -0.25) is 10.1 Å². The van der Waals surface area contributed by atoms with E-state index in [1.807, 2.05) is 0 Å². The molecule has 0 aliphatic heterocycles. The van der Waals surface area contributed by atoms with Gasteiger partial charge < -0.3 is 0 Å². The SMILES string of the molecule is O=[N+]([O-])c1ccc(S(=O)(=O)n2ccc(S(=O)(=O)Cl)c2)cc1. The number of aromatic nitrogens is 1. The number of benzene rings is 1. The molecule has 2 rings (SSSR count). The first kappa shape index (κ1) is 15.5. The molecule has 0 aliphatic rings. The van der Waals surface area contributed by atoms with E-state index in [4.69, 9.17) is 10.7 Å². The Morgan fingerprint density at radius 1 is 1.00 bits per heavy atom. The van der Waals surface area contributed by atoms with Crippen LogP contribution >= 0.6 is 10.7 Å². The molecule has 8 nitrogen and oxygen atoms in total. The fourth-order valence-electron chi connectivity index (χ4n) is 1.51. The summed E-state index contributed by atoms with van der Waals surface area (Å²) >= 11 is 0. The predicted molar refractivity (Wildman–Crippen MR) is 73.2 cm³/mol. The van der Waals surface area contributed by atoms with Crippen LogP contribution in [0.3, 0.4) is 0 Å². The van der Waals surface area contributed by atoms with Crippen LogP contribution in [0.25, 0.3) is 0 Å². The molecule has 1 heterocycles. The molecule has 0 atom stereocenters. The Balaban J connectivity index is 2.47. The molecule has 0 radical (unpaired) electrons. The Hall–Kier alpha value is -1.91. The van der Waals surface area contributed by atoms with Crippen LogP contribution in [0.1, 0.15) is 0 Å². The lowest BCUT2D eigenvalue weighted by Crippen LogP contribution is -2.11. The molecule has 0 saturated carbocycles. The number of hydrogen-bond donors (Lipinski definition) is 0. The first-order valence-electron chi connectivity index (χ1n) is 5.25. The summed E-state index contributed by atoms with van der Waals surface area (Å²) < 4.78 is 47.3. The fourth-order valence-corrected chi connectivity index (χ4v) is 3.51. The summed E-state index contributed by atoms with van der Waals surface area (Å²) in [5.41, 5.74) is -0.259. The van der Waals surface area contributed by atoms with Crippen molar-refractivity contribution < 1.29 is 21.8 Å². The van der Waals surface area contributed by atoms with Crippen molar-refractivity contribution in [2.45, 2.75) is 9.79 Å². The molecular weight excluding hydrogens is 344 g/mol. The normalized spacial score (nSPS) is 12.2. The summed E-state index contributed by atoms with van der Waals surface area (Å²) in [6.07, 6.45) is 1.87. The monoisotopic (exact) mass is 350 g/mol. The molecule has 0 amide bonds. The van der Waals surface area contributed by atoms with Gasteiger partial charge in [-0.05, 0) is 18.2 Å². The van der Waals surface area contributed by atoms with Gasteiger partial charge in [0.2, 0.25) is 0 Å². The summed E-state index contributed by atoms with van der Waals surface area (Å²) in [7, 11) is -2.98. The van der Waals surface area contributed by atoms with E-state index in [0.717, 1.165) is 42.7 Å². The number of hydrogen-bond acceptors (Lipinski definition) is 6. The second kappa shape index (κ2) is 5.13. The van der Waals surface area contributed by atoms with Gasteiger partial charge in [0, 0.05) is 35.2 Å². The van der Waals surface area contributed by atoms with Gasteiger partial charge in [-0.1, -0.05) is 0 Å². The molecule has 0 bridgehead atoms. The fraction of sp³-hybridized carbons (Fsp3) is 0. The maximum absolute atomic E-state index is 12.2. The van der Waals surface area contributed by atoms with E-state index in [9.17, 15) is 26.9 Å². The summed E-state index contributed by atoms with van der Waals surface area (Å²) in [5.74, 6) is 0. The zero-order valence-electron chi connectivity index (χ0n) is 10.1. The average Bonchev–Trinajstić information content (AvgIpc) is 2.89. The quantitative estimate of drug-likeness (QED) is 0.469. The first-order chi connectivity index (χ1) is 9.62. The Kier molecular flexibility index (Phi) is 3.78. The molecule has 1 aromatic heterocycles. The second-order valence-electron chi connectivity index (χ2n) is 3.87. The summed E-state index contributed by atoms with van der Waals surface area (Å²) in [6.45, 7) is 0. The van der Waals surface area contributed by atoms with E-state index in [-0.39, 0.29) is 15.5 Å². The molecule has 0 unspecified atom stereocenters. The first-order valence-corrected chi connectivity index (χ1v) is 9.00. The molecule has 0 N–H and O–H groups in total. The molecule has 0 aliphatic carbocycles. The van der Waals surface area contributed by atoms with Crippen LogP contribution in [0.5, 0.6) is 0 Å². The van der Waals surface area contributed by atoms with Crippen molar-refractivity contribution in [2.24, 2.45) is 0 Å². The Morgan fingerprint density at radius 2 is 1.57 bits per heavy atom. The van der Waals surface area contributed by atoms with Crippen LogP contribution in [0.15, 0.2) is 52.5 Å². The number of rotatable bonds is 4. The van der Waals surface area contributed by atoms with E-state index in [0.29, 0.717) is 3.97 Å². The van der Waals surface area contributed by atoms with Crippen molar-refractivity contribution in [2.75, 3.05) is 0 Å². The van der Waals surface area contributed by atoms with Crippen molar-refractivity contribution in [3.8, 4) is 0 Å². The van der Waals surface area contributed by atoms with Crippen LogP contribution < -0.4 is 0 Å². The van der Waals surface area contributed by atoms with Gasteiger partial charge in [-0.25, -0.2) is 20.8 Å². The molecule has 1 aromatic carbocycles. The maximum Gasteiger partial charge on any atom is 0.269 e. The zero-order chi connectivity index (χ0) is 15.8. The molecule has 2 aromatic rings. The molecule has 21 heavy (non-hydrogen) atoms. The predicted octanol–water partition coefficient (Wildman–Crippen LogP) is 1.56. The lowest BCUT2D eigenvalue weighted by Gasteiger charge is -2.04. The van der Waals surface area contributed by atoms with Crippen LogP contribution in [0.4, 0.5) is 5.69 Å². The third-order valence-corrected chi connectivity index (χ3v) is 5.53. The number of halogens is 1. The standard InChI is InChI=1S/C10H7ClN2O6S2/c11-20(16,17)10-5-6-12(7-10)21(18,19)9-3-1-8(2-4-9)13(14)15/h1-7H. The van der Waals surface area contributed by atoms with Gasteiger partial charge in [0.1, 0.15) is 4.90 Å². The lowest BCUT2D eigenvalue weighted by molar-refractivity contribution is -0.384. The van der Waals surface area contributed by atoms with Crippen LogP contribution in [0, 0.1) is 10.1 Å². The van der Waals surface area contributed by atoms with Gasteiger partial charge in [-0.2, -0.15) is 0 Å². The number of non-ortho nitro benzene ring substituents is 1. The minimum atomic E-state index is -4.05. The minimum absolute atomic E-state index is 0.220. The van der Waals surface area contributed by atoms with E-state index < -0.39 is 24.0 Å². The van der Waals surface area contributed by atoms with Crippen molar-refractivity contribution >= 4 is 35.4 Å². The van der Waals surface area contributed by atoms with Crippen LogP contribution in [-0.2, 0) is 19.1 Å². The molecule has 11 heteroatoms. The van der Waals surface area contributed by atoms with Crippen molar-refractivity contribution in [3.63, 3.8) is 0 Å². The van der Waals surface area contributed by atoms with Crippen LogP contribution in [-0.4, -0.2) is 25.7 Å². The largest absolute Gasteiger partial charge is 0.269 e. The van der Waals surface area contributed by atoms with Gasteiger partial charge in [-0.15, -0.1) is 0 Å². The minimum Gasteiger partial charge on any atom is -0.258 e. The zero-order valence-corrected chi connectivity index (χ0v) is 12.5. The number of nitro benzene ring substituents is 1. The smallest absolute Gasteiger partial charge is 0.258 e. The topological polar surface area (TPSA) is 116 Å². The van der Waals surface area contributed by atoms with Crippen molar-refractivity contribution in [1.29, 1.82) is 0 Å². The van der Waals surface area contributed by atoms with E-state index >= 15 is 0 Å². The van der Waals surface area contributed by atoms with Gasteiger partial charge in [0.05, 0.1) is 9.82 Å². The Bertz CT molecular complexity index is 899. The summed E-state index contributed by atoms with van der Waals surface area (Å²) in [6, 6.07) is 5.22. The molecular formula is C10H7ClN2O6S2. The molecule has 0 spiro atoms. The van der Waals surface area contributed by atoms with E-state index in [1.54, 1.807) is 0 Å². The summed E-state index contributed by atoms with van der Waals surface area (Å²) in [5, 5.41) is 10.5.